The van der Waals surface area contributed by atoms with E-state index in [0.717, 1.165) is 32.1 Å². The van der Waals surface area contributed by atoms with E-state index >= 15 is 0 Å². The first kappa shape index (κ1) is 21.1. The SMILES string of the molecule is C[C@H]1CCCN(C(=O)Cn2c(=O)oc3cc(S(=O)(=O)N4CCCC[C@@H]4C)ccc32)C1. The molecule has 1 aromatic carbocycles. The van der Waals surface area contributed by atoms with Gasteiger partial charge in [-0.1, -0.05) is 13.3 Å². The maximum absolute atomic E-state index is 13.1. The lowest BCUT2D eigenvalue weighted by molar-refractivity contribution is -0.133. The van der Waals surface area contributed by atoms with Crippen LogP contribution in [0, 0.1) is 5.92 Å². The molecule has 2 saturated heterocycles. The highest BCUT2D eigenvalue weighted by Gasteiger charge is 2.31. The third kappa shape index (κ3) is 3.92. The van der Waals surface area contributed by atoms with Crippen LogP contribution in [-0.2, 0) is 21.4 Å². The Bertz CT molecular complexity index is 1100. The minimum absolute atomic E-state index is 0.0550. The number of hydrogen-bond donors (Lipinski definition) is 0. The van der Waals surface area contributed by atoms with Crippen molar-refractivity contribution in [1.82, 2.24) is 13.8 Å². The molecule has 4 rings (SSSR count). The molecule has 0 aliphatic carbocycles. The summed E-state index contributed by atoms with van der Waals surface area (Å²) in [6.07, 6.45) is 4.77. The fourth-order valence-electron chi connectivity index (χ4n) is 4.57. The predicted molar refractivity (Wildman–Crippen MR) is 113 cm³/mol. The number of hydrogen-bond acceptors (Lipinski definition) is 5. The van der Waals surface area contributed by atoms with Crippen LogP contribution in [0.15, 0.2) is 32.3 Å². The van der Waals surface area contributed by atoms with Gasteiger partial charge in [-0.2, -0.15) is 4.31 Å². The summed E-state index contributed by atoms with van der Waals surface area (Å²) in [7, 11) is -3.67. The molecule has 0 spiro atoms. The molecular formula is C21H29N3O5S. The van der Waals surface area contributed by atoms with Crippen molar-refractivity contribution in [3.63, 3.8) is 0 Å². The van der Waals surface area contributed by atoms with Crippen LogP contribution in [0.2, 0.25) is 0 Å². The summed E-state index contributed by atoms with van der Waals surface area (Å²) in [5.74, 6) is -0.319. The molecule has 8 nitrogen and oxygen atoms in total. The fourth-order valence-corrected chi connectivity index (χ4v) is 6.29. The molecule has 0 unspecified atom stereocenters. The molecule has 2 aliphatic heterocycles. The van der Waals surface area contributed by atoms with Gasteiger partial charge in [-0.25, -0.2) is 13.2 Å². The minimum atomic E-state index is -3.67. The number of benzene rings is 1. The lowest BCUT2D eigenvalue weighted by Gasteiger charge is -2.32. The largest absolute Gasteiger partial charge is 0.420 e. The smallest absolute Gasteiger partial charge is 0.408 e. The Morgan fingerprint density at radius 3 is 2.67 bits per heavy atom. The molecule has 30 heavy (non-hydrogen) atoms. The number of sulfonamides is 1. The summed E-state index contributed by atoms with van der Waals surface area (Å²) in [5, 5.41) is 0. The molecular weight excluding hydrogens is 406 g/mol. The van der Waals surface area contributed by atoms with E-state index in [-0.39, 0.29) is 29.0 Å². The van der Waals surface area contributed by atoms with Gasteiger partial charge in [-0.05, 0) is 50.7 Å². The maximum atomic E-state index is 13.1. The predicted octanol–water partition coefficient (Wildman–Crippen LogP) is 2.42. The molecule has 0 radical (unpaired) electrons. The van der Waals surface area contributed by atoms with E-state index in [1.165, 1.54) is 21.0 Å². The van der Waals surface area contributed by atoms with Crippen LogP contribution in [-0.4, -0.2) is 53.8 Å². The van der Waals surface area contributed by atoms with Crippen LogP contribution in [0.5, 0.6) is 0 Å². The van der Waals surface area contributed by atoms with Gasteiger partial charge < -0.3 is 9.32 Å². The average Bonchev–Trinajstić information content (AvgIpc) is 3.02. The second kappa shape index (κ2) is 8.19. The number of nitrogens with zero attached hydrogens (tertiary/aromatic N) is 3. The zero-order valence-corrected chi connectivity index (χ0v) is 18.4. The molecule has 0 bridgehead atoms. The number of oxazole rings is 1. The number of piperidine rings is 2. The number of aromatic nitrogens is 1. The molecule has 0 N–H and O–H groups in total. The number of fused-ring (bicyclic) bond motifs is 1. The third-order valence-corrected chi connectivity index (χ3v) is 8.30. The highest BCUT2D eigenvalue weighted by molar-refractivity contribution is 7.89. The summed E-state index contributed by atoms with van der Waals surface area (Å²) in [4.78, 5) is 27.0. The molecule has 0 saturated carbocycles. The first-order valence-electron chi connectivity index (χ1n) is 10.7. The van der Waals surface area contributed by atoms with Crippen LogP contribution in [0.25, 0.3) is 11.1 Å². The molecule has 3 heterocycles. The summed E-state index contributed by atoms with van der Waals surface area (Å²) in [6.45, 7) is 5.82. The molecule has 9 heteroatoms. The minimum Gasteiger partial charge on any atom is -0.408 e. The van der Waals surface area contributed by atoms with Gasteiger partial charge in [0.25, 0.3) is 0 Å². The molecule has 164 valence electrons. The second-order valence-corrected chi connectivity index (χ2v) is 10.5. The molecule has 2 aromatic rings. The van der Waals surface area contributed by atoms with E-state index in [4.69, 9.17) is 4.42 Å². The van der Waals surface area contributed by atoms with Crippen molar-refractivity contribution in [2.45, 2.75) is 63.4 Å². The molecule has 1 aromatic heterocycles. The Morgan fingerprint density at radius 2 is 1.93 bits per heavy atom. The summed E-state index contributed by atoms with van der Waals surface area (Å²) < 4.78 is 34.3. The average molecular weight is 436 g/mol. The third-order valence-electron chi connectivity index (χ3n) is 6.29. The van der Waals surface area contributed by atoms with E-state index in [0.29, 0.717) is 31.1 Å². The zero-order valence-electron chi connectivity index (χ0n) is 17.5. The first-order valence-corrected chi connectivity index (χ1v) is 12.1. The highest BCUT2D eigenvalue weighted by atomic mass is 32.2. The van der Waals surface area contributed by atoms with Gasteiger partial charge >= 0.3 is 5.76 Å². The van der Waals surface area contributed by atoms with Gasteiger partial charge in [0.1, 0.15) is 6.54 Å². The quantitative estimate of drug-likeness (QED) is 0.735. The fraction of sp³-hybridized carbons (Fsp3) is 0.619. The van der Waals surface area contributed by atoms with Crippen LogP contribution >= 0.6 is 0 Å². The van der Waals surface area contributed by atoms with Crippen molar-refractivity contribution in [2.24, 2.45) is 5.92 Å². The Kier molecular flexibility index (Phi) is 5.76. The molecule has 1 amide bonds. The summed E-state index contributed by atoms with van der Waals surface area (Å²) >= 11 is 0. The van der Waals surface area contributed by atoms with Gasteiger partial charge in [0.15, 0.2) is 5.58 Å². The van der Waals surface area contributed by atoms with E-state index in [1.54, 1.807) is 11.0 Å². The number of carbonyl (C=O) groups excluding carboxylic acids is 1. The van der Waals surface area contributed by atoms with Crippen LogP contribution in [0.4, 0.5) is 0 Å². The van der Waals surface area contributed by atoms with Crippen molar-refractivity contribution in [1.29, 1.82) is 0 Å². The van der Waals surface area contributed by atoms with Gasteiger partial charge in [-0.15, -0.1) is 0 Å². The van der Waals surface area contributed by atoms with Crippen molar-refractivity contribution in [3.05, 3.63) is 28.7 Å². The Labute approximate surface area is 176 Å². The van der Waals surface area contributed by atoms with Crippen molar-refractivity contribution < 1.29 is 17.6 Å². The van der Waals surface area contributed by atoms with Crippen LogP contribution in [0.3, 0.4) is 0 Å². The van der Waals surface area contributed by atoms with Crippen molar-refractivity contribution in [2.75, 3.05) is 19.6 Å². The number of likely N-dealkylation sites (tertiary alicyclic amines) is 1. The van der Waals surface area contributed by atoms with Gasteiger partial charge in [-0.3, -0.25) is 9.36 Å². The molecule has 2 aliphatic rings. The van der Waals surface area contributed by atoms with E-state index in [1.807, 2.05) is 6.92 Å². The highest BCUT2D eigenvalue weighted by Crippen LogP contribution is 2.27. The Balaban J connectivity index is 1.61. The normalized spacial score (nSPS) is 23.7. The van der Waals surface area contributed by atoms with Gasteiger partial charge in [0.2, 0.25) is 15.9 Å². The summed E-state index contributed by atoms with van der Waals surface area (Å²) in [6, 6.07) is 4.41. The van der Waals surface area contributed by atoms with E-state index in [2.05, 4.69) is 6.92 Å². The Hall–Kier alpha value is -2.13. The van der Waals surface area contributed by atoms with Gasteiger partial charge in [0, 0.05) is 31.7 Å². The number of carbonyl (C=O) groups is 1. The zero-order chi connectivity index (χ0) is 21.5. The standard InChI is InChI=1S/C21H29N3O5S/c1-15-6-5-10-22(13-15)20(25)14-23-18-9-8-17(12-19(18)29-21(23)26)30(27,28)24-11-4-3-7-16(24)2/h8-9,12,15-16H,3-7,10-11,13-14H2,1-2H3/t15-,16-/m0/s1. The lowest BCUT2D eigenvalue weighted by Crippen LogP contribution is -2.42. The monoisotopic (exact) mass is 435 g/mol. The molecule has 2 fully saturated rings. The van der Waals surface area contributed by atoms with Crippen LogP contribution in [0.1, 0.15) is 46.0 Å². The van der Waals surface area contributed by atoms with Crippen molar-refractivity contribution >= 4 is 27.0 Å². The topological polar surface area (TPSA) is 92.8 Å². The van der Waals surface area contributed by atoms with E-state index < -0.39 is 15.8 Å². The van der Waals surface area contributed by atoms with Crippen LogP contribution < -0.4 is 5.76 Å². The lowest BCUT2D eigenvalue weighted by atomic mass is 10.0. The van der Waals surface area contributed by atoms with E-state index in [9.17, 15) is 18.0 Å². The maximum Gasteiger partial charge on any atom is 0.420 e. The van der Waals surface area contributed by atoms with Crippen molar-refractivity contribution in [3.8, 4) is 0 Å². The second-order valence-electron chi connectivity index (χ2n) is 8.63. The van der Waals surface area contributed by atoms with Gasteiger partial charge in [0.05, 0.1) is 10.4 Å². The number of amides is 1. The number of rotatable bonds is 4. The Morgan fingerprint density at radius 1 is 1.13 bits per heavy atom. The summed E-state index contributed by atoms with van der Waals surface area (Å²) in [5.41, 5.74) is 0.620. The molecule has 2 atom stereocenters. The first-order chi connectivity index (χ1) is 14.3.